The summed E-state index contributed by atoms with van der Waals surface area (Å²) < 4.78 is 67.8. The number of sulfonamides is 1. The maximum atomic E-state index is 13.3. The number of para-hydroxylation sites is 2. The van der Waals surface area contributed by atoms with E-state index in [0.29, 0.717) is 16.1 Å². The van der Waals surface area contributed by atoms with Crippen LogP contribution in [0.15, 0.2) is 71.6 Å². The first-order valence-electron chi connectivity index (χ1n) is 9.22. The summed E-state index contributed by atoms with van der Waals surface area (Å²) in [6.07, 6.45) is -4.68. The Bertz CT molecular complexity index is 1450. The zero-order valence-corrected chi connectivity index (χ0v) is 18.7. The maximum absolute atomic E-state index is 13.3. The monoisotopic (exact) mass is 512 g/mol. The predicted octanol–water partition coefficient (Wildman–Crippen LogP) is 6.50. The quantitative estimate of drug-likeness (QED) is 0.318. The Hall–Kier alpha value is -3.08. The van der Waals surface area contributed by atoms with Crippen molar-refractivity contribution in [3.05, 3.63) is 82.3 Å². The Labute approximate surface area is 196 Å². The lowest BCUT2D eigenvalue weighted by Crippen LogP contribution is -2.16. The minimum atomic E-state index is -4.68. The van der Waals surface area contributed by atoms with E-state index in [0.717, 1.165) is 12.1 Å². The minimum absolute atomic E-state index is 0.0109. The molecule has 4 rings (SSSR count). The Morgan fingerprint density at radius 1 is 0.818 bits per heavy atom. The summed E-state index contributed by atoms with van der Waals surface area (Å²) >= 11 is 11.5. The molecule has 0 spiro atoms. The first-order valence-corrected chi connectivity index (χ1v) is 11.5. The molecule has 0 saturated heterocycles. The first kappa shape index (κ1) is 23.1. The summed E-state index contributed by atoms with van der Waals surface area (Å²) in [5, 5.41) is 2.59. The molecule has 0 fully saturated rings. The van der Waals surface area contributed by atoms with Gasteiger partial charge in [0, 0.05) is 10.7 Å². The molecule has 0 bridgehead atoms. The van der Waals surface area contributed by atoms with Crippen molar-refractivity contribution in [2.75, 3.05) is 10.0 Å². The number of halogens is 5. The van der Waals surface area contributed by atoms with E-state index in [2.05, 4.69) is 20.0 Å². The Morgan fingerprint density at radius 3 is 2.03 bits per heavy atom. The van der Waals surface area contributed by atoms with Gasteiger partial charge in [0.25, 0.3) is 10.0 Å². The first-order chi connectivity index (χ1) is 15.5. The van der Waals surface area contributed by atoms with Gasteiger partial charge < -0.3 is 5.32 Å². The van der Waals surface area contributed by atoms with E-state index < -0.39 is 26.8 Å². The fourth-order valence-electron chi connectivity index (χ4n) is 2.92. The van der Waals surface area contributed by atoms with Gasteiger partial charge in [-0.3, -0.25) is 4.72 Å². The van der Waals surface area contributed by atoms with Crippen LogP contribution in [-0.2, 0) is 16.2 Å². The standard InChI is InChI=1S/C21H13Cl2F3N4O2S/c22-12-5-8-14(9-6-12)33(31,32)30-20-19(28-17-3-1-2-4-18(17)29-20)27-13-7-10-16(23)15(11-13)21(24,25)26/h1-11H,(H,27,28)(H,29,30). The minimum Gasteiger partial charge on any atom is -0.337 e. The molecule has 6 nitrogen and oxygen atoms in total. The van der Waals surface area contributed by atoms with Gasteiger partial charge in [-0.1, -0.05) is 35.3 Å². The SMILES string of the molecule is O=S(=O)(Nc1nc2ccccc2nc1Nc1ccc(Cl)c(C(F)(F)F)c1)c1ccc(Cl)cc1. The number of nitrogens with one attached hydrogen (secondary N) is 2. The summed E-state index contributed by atoms with van der Waals surface area (Å²) in [5.41, 5.74) is -0.280. The molecule has 0 aliphatic carbocycles. The number of aromatic nitrogens is 2. The molecular weight excluding hydrogens is 500 g/mol. The number of nitrogens with zero attached hydrogens (tertiary/aromatic N) is 2. The summed E-state index contributed by atoms with van der Waals surface area (Å²) in [6, 6.07) is 15.3. The van der Waals surface area contributed by atoms with Crippen LogP contribution in [0.3, 0.4) is 0 Å². The highest BCUT2D eigenvalue weighted by molar-refractivity contribution is 7.92. The van der Waals surface area contributed by atoms with Crippen molar-refractivity contribution in [2.24, 2.45) is 0 Å². The lowest BCUT2D eigenvalue weighted by molar-refractivity contribution is -0.137. The largest absolute Gasteiger partial charge is 0.417 e. The van der Waals surface area contributed by atoms with Crippen molar-refractivity contribution in [2.45, 2.75) is 11.1 Å². The van der Waals surface area contributed by atoms with Gasteiger partial charge in [0.05, 0.1) is 26.5 Å². The number of hydrogen-bond donors (Lipinski definition) is 2. The zero-order valence-electron chi connectivity index (χ0n) is 16.4. The molecule has 0 amide bonds. The average molecular weight is 513 g/mol. The highest BCUT2D eigenvalue weighted by Gasteiger charge is 2.33. The maximum Gasteiger partial charge on any atom is 0.417 e. The van der Waals surface area contributed by atoms with Gasteiger partial charge in [-0.25, -0.2) is 18.4 Å². The van der Waals surface area contributed by atoms with Gasteiger partial charge in [-0.2, -0.15) is 13.2 Å². The molecule has 3 aromatic carbocycles. The molecule has 170 valence electrons. The van der Waals surface area contributed by atoms with Crippen LogP contribution in [-0.4, -0.2) is 18.4 Å². The average Bonchev–Trinajstić information content (AvgIpc) is 2.75. The van der Waals surface area contributed by atoms with Gasteiger partial charge in [0.2, 0.25) is 0 Å². The van der Waals surface area contributed by atoms with E-state index in [1.807, 2.05) is 0 Å². The van der Waals surface area contributed by atoms with Crippen LogP contribution >= 0.6 is 23.2 Å². The topological polar surface area (TPSA) is 84.0 Å². The molecule has 0 atom stereocenters. The van der Waals surface area contributed by atoms with Crippen LogP contribution in [0, 0.1) is 0 Å². The molecule has 1 heterocycles. The summed E-state index contributed by atoms with van der Waals surface area (Å²) in [5.74, 6) is -0.297. The van der Waals surface area contributed by atoms with Crippen LogP contribution in [0.4, 0.5) is 30.5 Å². The lowest BCUT2D eigenvalue weighted by atomic mass is 10.2. The molecule has 2 N–H and O–H groups in total. The molecule has 0 saturated carbocycles. The van der Waals surface area contributed by atoms with Crippen molar-refractivity contribution >= 4 is 61.6 Å². The Balaban J connectivity index is 1.78. The van der Waals surface area contributed by atoms with Gasteiger partial charge in [0.1, 0.15) is 0 Å². The molecule has 1 aromatic heterocycles. The van der Waals surface area contributed by atoms with E-state index in [1.54, 1.807) is 24.3 Å². The van der Waals surface area contributed by atoms with Crippen molar-refractivity contribution in [3.63, 3.8) is 0 Å². The van der Waals surface area contributed by atoms with Crippen LogP contribution in [0.2, 0.25) is 10.0 Å². The molecular formula is C21H13Cl2F3N4O2S. The summed E-state index contributed by atoms with van der Waals surface area (Å²) in [7, 11) is -4.10. The van der Waals surface area contributed by atoms with Crippen molar-refractivity contribution in [3.8, 4) is 0 Å². The normalized spacial score (nSPS) is 12.0. The third-order valence-electron chi connectivity index (χ3n) is 4.46. The Kier molecular flexibility index (Phi) is 6.08. The van der Waals surface area contributed by atoms with E-state index >= 15 is 0 Å². The van der Waals surface area contributed by atoms with E-state index in [4.69, 9.17) is 23.2 Å². The number of fused-ring (bicyclic) bond motifs is 1. The number of hydrogen-bond acceptors (Lipinski definition) is 5. The highest BCUT2D eigenvalue weighted by Crippen LogP contribution is 2.37. The van der Waals surface area contributed by atoms with Gasteiger partial charge in [-0.15, -0.1) is 0 Å². The number of rotatable bonds is 5. The molecule has 4 aromatic rings. The van der Waals surface area contributed by atoms with Crippen LogP contribution < -0.4 is 10.0 Å². The van der Waals surface area contributed by atoms with E-state index in [1.165, 1.54) is 30.3 Å². The lowest BCUT2D eigenvalue weighted by Gasteiger charge is -2.15. The van der Waals surface area contributed by atoms with Crippen LogP contribution in [0.25, 0.3) is 11.0 Å². The number of anilines is 3. The number of benzene rings is 3. The summed E-state index contributed by atoms with van der Waals surface area (Å²) in [4.78, 5) is 8.55. The molecule has 12 heteroatoms. The van der Waals surface area contributed by atoms with Gasteiger partial charge in [0.15, 0.2) is 11.6 Å². The fraction of sp³-hybridized carbons (Fsp3) is 0.0476. The second kappa shape index (κ2) is 8.69. The fourth-order valence-corrected chi connectivity index (χ4v) is 4.28. The van der Waals surface area contributed by atoms with E-state index in [-0.39, 0.29) is 22.2 Å². The Morgan fingerprint density at radius 2 is 1.42 bits per heavy atom. The number of alkyl halides is 3. The molecule has 33 heavy (non-hydrogen) atoms. The second-order valence-electron chi connectivity index (χ2n) is 6.79. The summed E-state index contributed by atoms with van der Waals surface area (Å²) in [6.45, 7) is 0. The predicted molar refractivity (Wildman–Crippen MR) is 122 cm³/mol. The van der Waals surface area contributed by atoms with Crippen molar-refractivity contribution in [1.82, 2.24) is 9.97 Å². The zero-order chi connectivity index (χ0) is 23.8. The van der Waals surface area contributed by atoms with Gasteiger partial charge in [-0.05, 0) is 54.6 Å². The smallest absolute Gasteiger partial charge is 0.337 e. The van der Waals surface area contributed by atoms with Gasteiger partial charge >= 0.3 is 6.18 Å². The van der Waals surface area contributed by atoms with Crippen molar-refractivity contribution < 1.29 is 21.6 Å². The molecule has 0 aliphatic rings. The molecule has 0 unspecified atom stereocenters. The molecule has 0 aliphatic heterocycles. The molecule has 0 radical (unpaired) electrons. The van der Waals surface area contributed by atoms with Crippen LogP contribution in [0.1, 0.15) is 5.56 Å². The van der Waals surface area contributed by atoms with E-state index in [9.17, 15) is 21.6 Å². The van der Waals surface area contributed by atoms with Crippen LogP contribution in [0.5, 0.6) is 0 Å². The van der Waals surface area contributed by atoms with Crippen molar-refractivity contribution in [1.29, 1.82) is 0 Å². The highest BCUT2D eigenvalue weighted by atomic mass is 35.5. The second-order valence-corrected chi connectivity index (χ2v) is 9.31. The third-order valence-corrected chi connectivity index (χ3v) is 6.40. The third kappa shape index (κ3) is 5.13.